The first kappa shape index (κ1) is 17.9. The van der Waals surface area contributed by atoms with E-state index in [2.05, 4.69) is 17.3 Å². The molecule has 2 aliphatic heterocycles. The number of aryl methyl sites for hydroxylation is 1. The number of likely N-dealkylation sites (N-methyl/N-ethyl adjacent to an activating group) is 1. The topological polar surface area (TPSA) is 61.9 Å². The summed E-state index contributed by atoms with van der Waals surface area (Å²) in [5.74, 6) is -0.223. The molecule has 2 aliphatic rings. The quantitative estimate of drug-likeness (QED) is 0.891. The molecule has 2 atom stereocenters. The molecule has 2 saturated heterocycles. The SMILES string of the molecule is Cc1ccccc1[C@@H]1[C@@H](C(=O)NC2CCN(C)CC2)OCC(=O)N1C. The molecule has 2 heterocycles. The zero-order valence-electron chi connectivity index (χ0n) is 15.2. The van der Waals surface area contributed by atoms with Crippen molar-refractivity contribution in [1.29, 1.82) is 0 Å². The number of rotatable bonds is 3. The summed E-state index contributed by atoms with van der Waals surface area (Å²) in [6, 6.07) is 7.63. The van der Waals surface area contributed by atoms with E-state index in [1.807, 2.05) is 31.2 Å². The van der Waals surface area contributed by atoms with E-state index in [0.29, 0.717) is 0 Å². The van der Waals surface area contributed by atoms with Gasteiger partial charge in [-0.2, -0.15) is 0 Å². The molecule has 0 bridgehead atoms. The van der Waals surface area contributed by atoms with Gasteiger partial charge in [-0.3, -0.25) is 9.59 Å². The Balaban J connectivity index is 1.78. The first-order chi connectivity index (χ1) is 12.0. The van der Waals surface area contributed by atoms with Crippen molar-refractivity contribution in [3.8, 4) is 0 Å². The minimum atomic E-state index is -0.677. The molecule has 1 aromatic rings. The zero-order valence-corrected chi connectivity index (χ0v) is 15.2. The summed E-state index contributed by atoms with van der Waals surface area (Å²) < 4.78 is 5.69. The van der Waals surface area contributed by atoms with E-state index in [1.54, 1.807) is 11.9 Å². The molecule has 1 N–H and O–H groups in total. The van der Waals surface area contributed by atoms with E-state index in [4.69, 9.17) is 4.74 Å². The third-order valence-electron chi connectivity index (χ3n) is 5.31. The Labute approximate surface area is 149 Å². The minimum absolute atomic E-state index is 0.0512. The van der Waals surface area contributed by atoms with Gasteiger partial charge in [-0.25, -0.2) is 0 Å². The molecule has 6 nitrogen and oxygen atoms in total. The van der Waals surface area contributed by atoms with E-state index in [1.165, 1.54) is 0 Å². The highest BCUT2D eigenvalue weighted by atomic mass is 16.5. The Kier molecular flexibility index (Phi) is 5.39. The number of carbonyl (C=O) groups excluding carboxylic acids is 2. The number of hydrogen-bond acceptors (Lipinski definition) is 4. The van der Waals surface area contributed by atoms with Gasteiger partial charge in [0.1, 0.15) is 6.61 Å². The van der Waals surface area contributed by atoms with Gasteiger partial charge in [-0.05, 0) is 51.0 Å². The lowest BCUT2D eigenvalue weighted by atomic mass is 9.93. The largest absolute Gasteiger partial charge is 0.356 e. The molecule has 0 aromatic heterocycles. The molecule has 2 fully saturated rings. The molecule has 3 rings (SSSR count). The molecule has 0 unspecified atom stereocenters. The van der Waals surface area contributed by atoms with Crippen molar-refractivity contribution in [1.82, 2.24) is 15.1 Å². The van der Waals surface area contributed by atoms with Gasteiger partial charge in [0.05, 0.1) is 6.04 Å². The molecular weight excluding hydrogens is 318 g/mol. The number of nitrogens with one attached hydrogen (secondary N) is 1. The van der Waals surface area contributed by atoms with Gasteiger partial charge in [0.25, 0.3) is 5.91 Å². The van der Waals surface area contributed by atoms with E-state index in [9.17, 15) is 9.59 Å². The van der Waals surface area contributed by atoms with Crippen molar-refractivity contribution in [3.05, 3.63) is 35.4 Å². The molecule has 6 heteroatoms. The van der Waals surface area contributed by atoms with Crippen LogP contribution in [0.1, 0.15) is 30.0 Å². The summed E-state index contributed by atoms with van der Waals surface area (Å²) in [6.07, 6.45) is 1.21. The molecule has 2 amide bonds. The number of ether oxygens (including phenoxy) is 1. The Morgan fingerprint density at radius 2 is 1.88 bits per heavy atom. The number of carbonyl (C=O) groups is 2. The van der Waals surface area contributed by atoms with Crippen LogP contribution in [0.3, 0.4) is 0 Å². The number of benzene rings is 1. The van der Waals surface area contributed by atoms with Crippen LogP contribution in [0.4, 0.5) is 0 Å². The highest BCUT2D eigenvalue weighted by molar-refractivity contribution is 5.86. The molecule has 136 valence electrons. The van der Waals surface area contributed by atoms with Crippen molar-refractivity contribution in [3.63, 3.8) is 0 Å². The van der Waals surface area contributed by atoms with Gasteiger partial charge < -0.3 is 19.9 Å². The van der Waals surface area contributed by atoms with Crippen LogP contribution < -0.4 is 5.32 Å². The van der Waals surface area contributed by atoms with Gasteiger partial charge in [0.15, 0.2) is 6.10 Å². The summed E-state index contributed by atoms with van der Waals surface area (Å²) in [5.41, 5.74) is 2.01. The average molecular weight is 345 g/mol. The molecule has 0 aliphatic carbocycles. The Hall–Kier alpha value is -1.92. The van der Waals surface area contributed by atoms with E-state index >= 15 is 0 Å². The van der Waals surface area contributed by atoms with Gasteiger partial charge in [-0.15, -0.1) is 0 Å². The van der Waals surface area contributed by atoms with Gasteiger partial charge in [-0.1, -0.05) is 24.3 Å². The van der Waals surface area contributed by atoms with Crippen LogP contribution in [-0.4, -0.2) is 67.6 Å². The van der Waals surface area contributed by atoms with Crippen molar-refractivity contribution in [2.24, 2.45) is 0 Å². The lowest BCUT2D eigenvalue weighted by molar-refractivity contribution is -0.162. The molecule has 0 spiro atoms. The van der Waals surface area contributed by atoms with Gasteiger partial charge in [0, 0.05) is 13.1 Å². The maximum atomic E-state index is 12.9. The van der Waals surface area contributed by atoms with Gasteiger partial charge in [0.2, 0.25) is 5.91 Å². The number of hydrogen-bond donors (Lipinski definition) is 1. The number of morpholine rings is 1. The highest BCUT2D eigenvalue weighted by Crippen LogP contribution is 2.31. The van der Waals surface area contributed by atoms with Crippen LogP contribution in [-0.2, 0) is 14.3 Å². The second-order valence-corrected chi connectivity index (χ2v) is 7.12. The molecular formula is C19H27N3O3. The molecule has 1 aromatic carbocycles. The van der Waals surface area contributed by atoms with Crippen LogP contribution >= 0.6 is 0 Å². The number of likely N-dealkylation sites (tertiary alicyclic amines) is 1. The maximum absolute atomic E-state index is 12.9. The highest BCUT2D eigenvalue weighted by Gasteiger charge is 2.41. The molecule has 0 saturated carbocycles. The fourth-order valence-electron chi connectivity index (χ4n) is 3.66. The Morgan fingerprint density at radius 3 is 2.56 bits per heavy atom. The summed E-state index contributed by atoms with van der Waals surface area (Å²) >= 11 is 0. The van der Waals surface area contributed by atoms with Crippen molar-refractivity contribution >= 4 is 11.8 Å². The summed E-state index contributed by atoms with van der Waals surface area (Å²) in [6.45, 7) is 3.91. The first-order valence-corrected chi connectivity index (χ1v) is 8.89. The van der Waals surface area contributed by atoms with Crippen LogP contribution in [0.2, 0.25) is 0 Å². The van der Waals surface area contributed by atoms with E-state index in [-0.39, 0.29) is 24.5 Å². The predicted molar refractivity (Wildman–Crippen MR) is 95.1 cm³/mol. The van der Waals surface area contributed by atoms with Crippen molar-refractivity contribution in [2.45, 2.75) is 38.0 Å². The van der Waals surface area contributed by atoms with Crippen LogP contribution in [0.25, 0.3) is 0 Å². The van der Waals surface area contributed by atoms with Gasteiger partial charge >= 0.3 is 0 Å². The molecule has 25 heavy (non-hydrogen) atoms. The minimum Gasteiger partial charge on any atom is -0.356 e. The van der Waals surface area contributed by atoms with E-state index in [0.717, 1.165) is 37.1 Å². The fourth-order valence-corrected chi connectivity index (χ4v) is 3.66. The maximum Gasteiger partial charge on any atom is 0.251 e. The second-order valence-electron chi connectivity index (χ2n) is 7.12. The second kappa shape index (κ2) is 7.54. The number of nitrogens with zero attached hydrogens (tertiary/aromatic N) is 2. The van der Waals surface area contributed by atoms with Crippen LogP contribution in [0.5, 0.6) is 0 Å². The number of amides is 2. The van der Waals surface area contributed by atoms with E-state index < -0.39 is 12.1 Å². The standard InChI is InChI=1S/C19H27N3O3/c1-13-6-4-5-7-15(13)17-18(25-12-16(23)22(17)3)19(24)20-14-8-10-21(2)11-9-14/h4-7,14,17-18H,8-12H2,1-3H3,(H,20,24)/t17-,18+/m1/s1. The fraction of sp³-hybridized carbons (Fsp3) is 0.579. The Bertz CT molecular complexity index is 641. The smallest absolute Gasteiger partial charge is 0.251 e. The van der Waals surface area contributed by atoms with Crippen molar-refractivity contribution < 1.29 is 14.3 Å². The summed E-state index contributed by atoms with van der Waals surface area (Å²) in [5, 5.41) is 3.14. The summed E-state index contributed by atoms with van der Waals surface area (Å²) in [4.78, 5) is 29.0. The third kappa shape index (κ3) is 3.85. The zero-order chi connectivity index (χ0) is 18.0. The lowest BCUT2D eigenvalue weighted by Crippen LogP contribution is -2.55. The third-order valence-corrected chi connectivity index (χ3v) is 5.31. The predicted octanol–water partition coefficient (Wildman–Crippen LogP) is 1.10. The summed E-state index contributed by atoms with van der Waals surface area (Å²) in [7, 11) is 3.84. The van der Waals surface area contributed by atoms with Crippen LogP contribution in [0, 0.1) is 6.92 Å². The monoisotopic (exact) mass is 345 g/mol. The number of piperidine rings is 1. The van der Waals surface area contributed by atoms with Crippen molar-refractivity contribution in [2.75, 3.05) is 33.8 Å². The Morgan fingerprint density at radius 1 is 1.20 bits per heavy atom. The lowest BCUT2D eigenvalue weighted by Gasteiger charge is -2.40. The van der Waals surface area contributed by atoms with Crippen LogP contribution in [0.15, 0.2) is 24.3 Å². The average Bonchev–Trinajstić information content (AvgIpc) is 2.60. The normalized spacial score (nSPS) is 25.9. The molecule has 0 radical (unpaired) electrons. The first-order valence-electron chi connectivity index (χ1n) is 8.89.